The molecule has 0 aromatic rings. The third kappa shape index (κ3) is 14.3. The van der Waals surface area contributed by atoms with E-state index in [4.69, 9.17) is 9.47 Å². The van der Waals surface area contributed by atoms with Crippen LogP contribution in [0.15, 0.2) is 87.5 Å². The van der Waals surface area contributed by atoms with Crippen LogP contribution < -0.4 is 0 Å². The van der Waals surface area contributed by atoms with E-state index in [1.54, 1.807) is 4.90 Å². The molecule has 0 N–H and O–H groups in total. The summed E-state index contributed by atoms with van der Waals surface area (Å²) in [5, 5.41) is 0. The van der Waals surface area contributed by atoms with Gasteiger partial charge in [0.05, 0.1) is 7.11 Å². The average molecular weight is 635 g/mol. The third-order valence-corrected chi connectivity index (χ3v) is 7.85. The normalized spacial score (nSPS) is 16.1. The van der Waals surface area contributed by atoms with Crippen molar-refractivity contribution in [3.8, 4) is 0 Å². The number of aliphatic imine (C=N–C) groups is 1. The molecule has 0 spiro atoms. The minimum Gasteiger partial charge on any atom is -0.466 e. The molecule has 0 aromatic carbocycles. The Labute approximate surface area is 280 Å². The highest BCUT2D eigenvalue weighted by molar-refractivity contribution is 6.03. The Balaban J connectivity index is 3.48. The first-order chi connectivity index (χ1) is 21.3. The Hall–Kier alpha value is -3.41. The molecule has 1 atom stereocenters. The van der Waals surface area contributed by atoms with Crippen LogP contribution in [0.4, 0.5) is 4.79 Å². The van der Waals surface area contributed by atoms with Crippen molar-refractivity contribution in [2.75, 3.05) is 27.2 Å². The monoisotopic (exact) mass is 634 g/mol. The highest BCUT2D eigenvalue weighted by Gasteiger charge is 2.31. The average Bonchev–Trinajstić information content (AvgIpc) is 3.79. The maximum absolute atomic E-state index is 13.0. The van der Waals surface area contributed by atoms with Gasteiger partial charge in [0.25, 0.3) is 0 Å². The highest BCUT2D eigenvalue weighted by atomic mass is 16.6. The zero-order valence-corrected chi connectivity index (χ0v) is 31.1. The molecule has 0 saturated heterocycles. The van der Waals surface area contributed by atoms with Gasteiger partial charge in [0.15, 0.2) is 0 Å². The summed E-state index contributed by atoms with van der Waals surface area (Å²) in [6, 6.07) is 0. The van der Waals surface area contributed by atoms with Gasteiger partial charge in [-0.2, -0.15) is 0 Å². The SMILES string of the molecule is C=C(C)C/C(=C\C=C(/C)C(C)/C=C(\C(C(C)=NC)=C(/CC(=C)CCN(CC(C)C)C(=O)OC(C)(C)C)C(=C)C)C1CC1)C(=O)OC. The van der Waals surface area contributed by atoms with Crippen molar-refractivity contribution in [2.45, 2.75) is 107 Å². The van der Waals surface area contributed by atoms with Crippen LogP contribution in [0.25, 0.3) is 0 Å². The second-order valence-electron chi connectivity index (χ2n) is 14.4. The lowest BCUT2D eigenvalue weighted by atomic mass is 9.84. The standard InChI is InChI=1S/C40H62N2O4/c1-26(2)22-34(38(43)45-15)17-16-30(8)31(9)24-36(33-18-19-33)37(32(10)41-14)35(28(5)6)23-29(7)20-21-42(25-27(3)4)39(44)46-40(11,12)13/h16-17,24,27,31,33H,1,5,7,18-23,25H2,2-4,6,8-15H3/b30-16+,34-17+,36-24-,37-35+,41-32?. The Morgan fingerprint density at radius 1 is 1.00 bits per heavy atom. The van der Waals surface area contributed by atoms with Gasteiger partial charge in [0.1, 0.15) is 5.60 Å². The molecule has 0 aromatic heterocycles. The smallest absolute Gasteiger partial charge is 0.410 e. The van der Waals surface area contributed by atoms with Gasteiger partial charge in [0.2, 0.25) is 0 Å². The van der Waals surface area contributed by atoms with E-state index >= 15 is 0 Å². The van der Waals surface area contributed by atoms with Crippen LogP contribution in [0, 0.1) is 17.8 Å². The van der Waals surface area contributed by atoms with Crippen molar-refractivity contribution in [1.82, 2.24) is 4.90 Å². The van der Waals surface area contributed by atoms with Gasteiger partial charge < -0.3 is 14.4 Å². The number of hydrogen-bond acceptors (Lipinski definition) is 5. The molecule has 0 heterocycles. The van der Waals surface area contributed by atoms with Gasteiger partial charge in [-0.3, -0.25) is 4.99 Å². The Kier molecular flexibility index (Phi) is 16.5. The lowest BCUT2D eigenvalue weighted by Gasteiger charge is -2.29. The molecule has 6 nitrogen and oxygen atoms in total. The van der Waals surface area contributed by atoms with Crippen LogP contribution in [0.2, 0.25) is 0 Å². The number of hydrogen-bond donors (Lipinski definition) is 0. The number of esters is 1. The Morgan fingerprint density at radius 2 is 1.61 bits per heavy atom. The van der Waals surface area contributed by atoms with Crippen LogP contribution >= 0.6 is 0 Å². The maximum atomic E-state index is 13.0. The van der Waals surface area contributed by atoms with Gasteiger partial charge in [-0.25, -0.2) is 9.59 Å². The summed E-state index contributed by atoms with van der Waals surface area (Å²) in [6.45, 7) is 34.2. The van der Waals surface area contributed by atoms with E-state index in [9.17, 15) is 9.59 Å². The molecule has 1 amide bonds. The molecule has 1 rings (SSSR count). The molecule has 0 bridgehead atoms. The van der Waals surface area contributed by atoms with Gasteiger partial charge in [-0.15, -0.1) is 0 Å². The van der Waals surface area contributed by atoms with Crippen molar-refractivity contribution < 1.29 is 19.1 Å². The molecular formula is C40H62N2O4. The van der Waals surface area contributed by atoms with Crippen molar-refractivity contribution in [3.63, 3.8) is 0 Å². The van der Waals surface area contributed by atoms with Crippen LogP contribution in [0.5, 0.6) is 0 Å². The van der Waals surface area contributed by atoms with Crippen LogP contribution in [0.3, 0.4) is 0 Å². The molecule has 1 unspecified atom stereocenters. The van der Waals surface area contributed by atoms with Gasteiger partial charge >= 0.3 is 12.1 Å². The molecule has 0 aliphatic heterocycles. The zero-order chi connectivity index (χ0) is 35.4. The summed E-state index contributed by atoms with van der Waals surface area (Å²) >= 11 is 0. The van der Waals surface area contributed by atoms with E-state index in [-0.39, 0.29) is 18.0 Å². The van der Waals surface area contributed by atoms with Gasteiger partial charge in [0, 0.05) is 37.0 Å². The first kappa shape index (κ1) is 40.6. The van der Waals surface area contributed by atoms with Crippen molar-refractivity contribution >= 4 is 17.8 Å². The molecule has 6 heteroatoms. The summed E-state index contributed by atoms with van der Waals surface area (Å²) in [5.41, 5.74) is 8.67. The number of carbonyl (C=O) groups is 2. The molecule has 1 aliphatic carbocycles. The predicted octanol–water partition coefficient (Wildman–Crippen LogP) is 10.2. The first-order valence-electron chi connectivity index (χ1n) is 16.6. The largest absolute Gasteiger partial charge is 0.466 e. The summed E-state index contributed by atoms with van der Waals surface area (Å²) in [4.78, 5) is 31.7. The Bertz CT molecular complexity index is 1290. The fraction of sp³-hybridized carbons (Fsp3) is 0.575. The molecule has 1 saturated carbocycles. The Morgan fingerprint density at radius 3 is 2.07 bits per heavy atom. The van der Waals surface area contributed by atoms with Gasteiger partial charge in [-0.1, -0.05) is 81.0 Å². The van der Waals surface area contributed by atoms with E-state index in [1.807, 2.05) is 46.9 Å². The minimum absolute atomic E-state index is 0.128. The predicted molar refractivity (Wildman–Crippen MR) is 195 cm³/mol. The van der Waals surface area contributed by atoms with E-state index in [0.29, 0.717) is 49.8 Å². The third-order valence-electron chi connectivity index (χ3n) is 7.85. The van der Waals surface area contributed by atoms with E-state index in [1.165, 1.54) is 12.7 Å². The summed E-state index contributed by atoms with van der Waals surface area (Å²) in [6.07, 6.45) is 10.0. The first-order valence-corrected chi connectivity index (χ1v) is 16.6. The van der Waals surface area contributed by atoms with Crippen LogP contribution in [-0.4, -0.2) is 55.5 Å². The topological polar surface area (TPSA) is 68.2 Å². The van der Waals surface area contributed by atoms with Crippen molar-refractivity contribution in [3.05, 3.63) is 82.5 Å². The number of allylic oxidation sites excluding steroid dienone is 9. The molecule has 46 heavy (non-hydrogen) atoms. The molecule has 1 fully saturated rings. The lowest BCUT2D eigenvalue weighted by Crippen LogP contribution is -2.39. The van der Waals surface area contributed by atoms with Crippen LogP contribution in [-0.2, 0) is 14.3 Å². The van der Waals surface area contributed by atoms with Crippen LogP contribution in [0.1, 0.15) is 101 Å². The van der Waals surface area contributed by atoms with Gasteiger partial charge in [-0.05, 0) is 109 Å². The molecule has 256 valence electrons. The molecule has 1 aliphatic rings. The highest BCUT2D eigenvalue weighted by Crippen LogP contribution is 2.44. The zero-order valence-electron chi connectivity index (χ0n) is 31.1. The fourth-order valence-corrected chi connectivity index (χ4v) is 5.08. The van der Waals surface area contributed by atoms with E-state index < -0.39 is 5.60 Å². The summed E-state index contributed by atoms with van der Waals surface area (Å²) < 4.78 is 10.7. The second kappa shape index (κ2) is 18.7. The lowest BCUT2D eigenvalue weighted by molar-refractivity contribution is -0.136. The van der Waals surface area contributed by atoms with E-state index in [0.717, 1.165) is 52.0 Å². The summed E-state index contributed by atoms with van der Waals surface area (Å²) in [5.74, 6) is 0.575. The molecule has 0 radical (unpaired) electrons. The number of ether oxygens (including phenoxy) is 2. The number of methoxy groups -OCH3 is 1. The number of rotatable bonds is 17. The number of carbonyl (C=O) groups excluding carboxylic acids is 2. The molecular weight excluding hydrogens is 572 g/mol. The maximum Gasteiger partial charge on any atom is 0.410 e. The van der Waals surface area contributed by atoms with Crippen molar-refractivity contribution in [1.29, 1.82) is 0 Å². The van der Waals surface area contributed by atoms with E-state index in [2.05, 4.69) is 72.3 Å². The fourth-order valence-electron chi connectivity index (χ4n) is 5.08. The van der Waals surface area contributed by atoms with Crippen molar-refractivity contribution in [2.24, 2.45) is 22.7 Å². The minimum atomic E-state index is -0.550. The second-order valence-corrected chi connectivity index (χ2v) is 14.4. The number of amides is 1. The quantitative estimate of drug-likeness (QED) is 0.0525. The number of nitrogens with zero attached hydrogens (tertiary/aromatic N) is 2. The summed E-state index contributed by atoms with van der Waals surface area (Å²) in [7, 11) is 3.24.